The Bertz CT molecular complexity index is 1700. The summed E-state index contributed by atoms with van der Waals surface area (Å²) >= 11 is 0. The van der Waals surface area contributed by atoms with Crippen LogP contribution in [0.25, 0.3) is 0 Å². The first-order valence-electron chi connectivity index (χ1n) is 28.1. The van der Waals surface area contributed by atoms with E-state index in [4.69, 9.17) is 75.8 Å². The van der Waals surface area contributed by atoms with Gasteiger partial charge in [-0.05, 0) is 0 Å². The SMILES string of the molecule is OC[C@H]1O[C@@H]2O[C@H]3[C@H](O)[C@@H](O)[C@@H](O[C@H]4[C@H](O)[C@@H](O)[C@@H](O[C@H]5[C@H](O)[C@@H](O)[C@@H](O[C@H]6[C@H](O)[C@@H](O)[C@@H](O[C@H]7[C@H](O)[C@@H](O)[C@@H](O[C@H]8[C@H](O)[C@@H](O)[C@@H](O[C@H]9[C@H](O)C(O)[C@@H](O[C@H]1[C@H](O)[C@H]2O)O[C@@H]9CO)O[C@@H]8CO)O[C@@H]7CO)O[C@@H]6CO)O[C@@H]5CO)O[C@@H]4CO)O[C@@H]3CO. The van der Waals surface area contributed by atoms with E-state index in [-0.39, 0.29) is 0 Å². The van der Waals surface area contributed by atoms with Gasteiger partial charge in [0, 0.05) is 0 Å². The Morgan fingerprint density at radius 3 is 0.307 bits per heavy atom. The Morgan fingerprint density at radius 1 is 0.136 bits per heavy atom. The average Bonchev–Trinajstić information content (AvgIpc) is 1.09. The molecule has 0 aromatic carbocycles. The average molecular weight is 1300 g/mol. The van der Waals surface area contributed by atoms with Crippen molar-refractivity contribution in [3.8, 4) is 0 Å². The maximum absolute atomic E-state index is 11.4. The van der Waals surface area contributed by atoms with Crippen LogP contribution in [0.2, 0.25) is 0 Å². The molecule has 88 heavy (non-hydrogen) atoms. The Balaban J connectivity index is 0.975. The van der Waals surface area contributed by atoms with Gasteiger partial charge in [0.05, 0.1) is 52.9 Å². The van der Waals surface area contributed by atoms with Gasteiger partial charge in [0.15, 0.2) is 50.3 Å². The van der Waals surface area contributed by atoms with Gasteiger partial charge in [-0.2, -0.15) is 0 Å². The molecule has 30 aliphatic rings. The molecule has 30 saturated heterocycles. The van der Waals surface area contributed by atoms with E-state index < -0.39 is 299 Å². The molecule has 0 spiro atoms. The number of rotatable bonds is 8. The maximum atomic E-state index is 11.4. The minimum Gasteiger partial charge on any atom is -0.394 e. The minimum absolute atomic E-state index is 1.08. The fourth-order valence-electron chi connectivity index (χ4n) is 11.9. The van der Waals surface area contributed by atoms with E-state index in [9.17, 15) is 123 Å². The van der Waals surface area contributed by atoms with Crippen LogP contribution in [0.15, 0.2) is 0 Å². The first kappa shape index (κ1) is 70.7. The lowest BCUT2D eigenvalue weighted by Crippen LogP contribution is -2.69. The number of aliphatic hydroxyl groups excluding tert-OH is 24. The van der Waals surface area contributed by atoms with Crippen LogP contribution in [0.3, 0.4) is 0 Å². The molecule has 0 saturated carbocycles. The fourth-order valence-corrected chi connectivity index (χ4v) is 11.9. The quantitative estimate of drug-likeness (QED) is 0.107. The van der Waals surface area contributed by atoms with Gasteiger partial charge in [-0.3, -0.25) is 0 Å². The van der Waals surface area contributed by atoms with Crippen LogP contribution in [-0.4, -0.2) is 421 Å². The van der Waals surface area contributed by atoms with Crippen molar-refractivity contribution < 1.29 is 198 Å². The summed E-state index contributed by atoms with van der Waals surface area (Å²) in [4.78, 5) is 0. The fraction of sp³-hybridized carbons (Fsp3) is 1.00. The van der Waals surface area contributed by atoms with Crippen molar-refractivity contribution in [1.29, 1.82) is 0 Å². The molecule has 40 nitrogen and oxygen atoms in total. The van der Waals surface area contributed by atoms with Gasteiger partial charge < -0.3 is 198 Å². The molecule has 0 amide bonds. The molecule has 40 heteroatoms. The van der Waals surface area contributed by atoms with Crippen molar-refractivity contribution in [1.82, 2.24) is 0 Å². The van der Waals surface area contributed by atoms with Crippen molar-refractivity contribution in [3.63, 3.8) is 0 Å². The topological polar surface area (TPSA) is 633 Å². The monoisotopic (exact) mass is 1300 g/mol. The molecule has 30 heterocycles. The van der Waals surface area contributed by atoms with E-state index in [0.29, 0.717) is 0 Å². The molecular weight excluding hydrogens is 1220 g/mol. The second-order valence-corrected chi connectivity index (χ2v) is 22.5. The Morgan fingerprint density at radius 2 is 0.227 bits per heavy atom. The molecule has 30 aliphatic heterocycles. The highest BCUT2D eigenvalue weighted by atomic mass is 16.8. The van der Waals surface area contributed by atoms with E-state index in [2.05, 4.69) is 0 Å². The predicted octanol–water partition coefficient (Wildman–Crippen LogP) is -17.4. The Kier molecular flexibility index (Phi) is 24.1. The van der Waals surface area contributed by atoms with Crippen molar-refractivity contribution in [2.75, 3.05) is 52.9 Å². The van der Waals surface area contributed by atoms with Crippen molar-refractivity contribution in [2.45, 2.75) is 246 Å². The minimum atomic E-state index is -2.25. The third-order valence-corrected chi connectivity index (χ3v) is 16.9. The van der Waals surface area contributed by atoms with Crippen LogP contribution < -0.4 is 0 Å². The van der Waals surface area contributed by atoms with E-state index in [1.54, 1.807) is 0 Å². The van der Waals surface area contributed by atoms with Crippen LogP contribution in [-0.2, 0) is 75.8 Å². The molecule has 24 N–H and O–H groups in total. The molecule has 0 aromatic rings. The van der Waals surface area contributed by atoms with Crippen LogP contribution in [0, 0.1) is 0 Å². The van der Waals surface area contributed by atoms with E-state index in [1.165, 1.54) is 0 Å². The standard InChI is InChI=1S/C48H80O40/c49-1-9-33-17(57)25(65)41(73-9)82-34-10(2-50)75-43(27(67)19(34)59)84-36-12(4-52)77-45(29(69)21(36)61)86-38-14(6-54)79-47(31(71)23(38)63)88-40-16(8-56)80-48(32(72)24(40)64)87-39-15(7-55)78-46(30(70)22(39)62)85-37-13(5-53)76-44(28(68)20(37)60)83-35-11(3-51)74-42(81-33)26(66)18(35)58/h9-72H,1-8H2/t9-,10-,11-,12-,13-,14-,15-,16-,17-,18-,19-,20-,21-,22-,23-,24-,25-,26-,27-,28-,29-,30-,31-,32?,33-,34-,35-,36-,37-,38-,39-,40-,41-,42-,43-,44-,45-,46-,47-,48-/m1/s1. The summed E-state index contributed by atoms with van der Waals surface area (Å²) in [5.74, 6) is 0. The third-order valence-electron chi connectivity index (χ3n) is 16.9. The van der Waals surface area contributed by atoms with Gasteiger partial charge in [0.2, 0.25) is 0 Å². The lowest BCUT2D eigenvalue weighted by molar-refractivity contribution is -0.404. The second kappa shape index (κ2) is 30.0. The molecule has 0 aromatic heterocycles. The summed E-state index contributed by atoms with van der Waals surface area (Å²) in [6.07, 6.45) is -82.0. The van der Waals surface area contributed by atoms with Gasteiger partial charge in [0.1, 0.15) is 195 Å². The molecular formula is C48H80O40. The van der Waals surface area contributed by atoms with Crippen LogP contribution in [0.5, 0.6) is 0 Å². The van der Waals surface area contributed by atoms with Gasteiger partial charge in [-0.1, -0.05) is 0 Å². The summed E-state index contributed by atoms with van der Waals surface area (Å²) < 4.78 is 91.1. The van der Waals surface area contributed by atoms with E-state index in [0.717, 1.165) is 0 Å². The first-order valence-corrected chi connectivity index (χ1v) is 28.1. The first-order chi connectivity index (χ1) is 41.9. The Hall–Kier alpha value is -1.60. The highest BCUT2D eigenvalue weighted by Gasteiger charge is 2.60. The van der Waals surface area contributed by atoms with Crippen molar-refractivity contribution in [3.05, 3.63) is 0 Å². The summed E-state index contributed by atoms with van der Waals surface area (Å²) in [6.45, 7) is -8.64. The van der Waals surface area contributed by atoms with Crippen LogP contribution >= 0.6 is 0 Å². The lowest BCUT2D eigenvalue weighted by Gasteiger charge is -2.50. The van der Waals surface area contributed by atoms with E-state index in [1.807, 2.05) is 0 Å². The molecule has 0 aliphatic carbocycles. The molecule has 1 unspecified atom stereocenters. The molecule has 16 bridgehead atoms. The zero-order valence-corrected chi connectivity index (χ0v) is 46.0. The third kappa shape index (κ3) is 13.8. The summed E-state index contributed by atoms with van der Waals surface area (Å²) in [7, 11) is 0. The summed E-state index contributed by atoms with van der Waals surface area (Å²) in [6, 6.07) is 0. The molecule has 512 valence electrons. The van der Waals surface area contributed by atoms with Crippen molar-refractivity contribution in [2.24, 2.45) is 0 Å². The molecule has 40 atom stereocenters. The van der Waals surface area contributed by atoms with Crippen molar-refractivity contribution >= 4 is 0 Å². The normalized spacial score (nSPS) is 55.4. The highest BCUT2D eigenvalue weighted by Crippen LogP contribution is 2.40. The number of hydrogen-bond donors (Lipinski definition) is 24. The highest BCUT2D eigenvalue weighted by molar-refractivity contribution is 5.02. The number of ether oxygens (including phenoxy) is 16. The summed E-state index contributed by atoms with van der Waals surface area (Å²) in [5.41, 5.74) is 0. The Labute approximate surface area is 496 Å². The van der Waals surface area contributed by atoms with E-state index >= 15 is 0 Å². The maximum Gasteiger partial charge on any atom is 0.187 e. The second-order valence-electron chi connectivity index (χ2n) is 22.5. The van der Waals surface area contributed by atoms with Gasteiger partial charge in [-0.25, -0.2) is 0 Å². The van der Waals surface area contributed by atoms with Crippen LogP contribution in [0.1, 0.15) is 0 Å². The van der Waals surface area contributed by atoms with Gasteiger partial charge >= 0.3 is 0 Å². The van der Waals surface area contributed by atoms with Gasteiger partial charge in [-0.15, -0.1) is 0 Å². The number of aliphatic hydroxyl groups is 24. The lowest BCUT2D eigenvalue weighted by atomic mass is 9.94. The predicted molar refractivity (Wildman–Crippen MR) is 261 cm³/mol. The zero-order valence-electron chi connectivity index (χ0n) is 46.0. The smallest absolute Gasteiger partial charge is 0.187 e. The molecule has 0 radical (unpaired) electrons. The van der Waals surface area contributed by atoms with Crippen LogP contribution in [0.4, 0.5) is 0 Å². The summed E-state index contributed by atoms with van der Waals surface area (Å²) in [5, 5.41) is 265. The largest absolute Gasteiger partial charge is 0.394 e. The molecule has 30 rings (SSSR count). The van der Waals surface area contributed by atoms with Gasteiger partial charge in [0.25, 0.3) is 0 Å². The zero-order chi connectivity index (χ0) is 64.1. The number of hydrogen-bond acceptors (Lipinski definition) is 40. The molecule has 30 fully saturated rings.